The fourth-order valence-electron chi connectivity index (χ4n) is 4.83. The second-order valence-electron chi connectivity index (χ2n) is 13.4. The first-order valence-electron chi connectivity index (χ1n) is 15.2. The van der Waals surface area contributed by atoms with Crippen LogP contribution in [0.3, 0.4) is 0 Å². The lowest BCUT2D eigenvalue weighted by Gasteiger charge is -2.41. The molecule has 0 spiro atoms. The first kappa shape index (κ1) is 32.7. The lowest BCUT2D eigenvalue weighted by atomic mass is 9.72. The predicted molar refractivity (Wildman–Crippen MR) is 181 cm³/mol. The van der Waals surface area contributed by atoms with Crippen molar-refractivity contribution >= 4 is 11.8 Å². The second kappa shape index (κ2) is 12.8. The molecule has 0 saturated carbocycles. The molecule has 0 aliphatic carbocycles. The Balaban J connectivity index is 1.37. The van der Waals surface area contributed by atoms with Crippen LogP contribution in [0.2, 0.25) is 0 Å². The van der Waals surface area contributed by atoms with Gasteiger partial charge in [-0.3, -0.25) is 0 Å². The minimum absolute atomic E-state index is 0.107. The van der Waals surface area contributed by atoms with E-state index in [9.17, 15) is 0 Å². The van der Waals surface area contributed by atoms with E-state index in [1.807, 2.05) is 12.1 Å². The third-order valence-electron chi connectivity index (χ3n) is 9.28. The predicted octanol–water partition coefficient (Wildman–Crippen LogP) is 11.2. The first-order chi connectivity index (χ1) is 20.2. The molecule has 0 fully saturated rings. The van der Waals surface area contributed by atoms with Gasteiger partial charge in [-0.05, 0) is 111 Å². The molecule has 0 aliphatic rings. The van der Waals surface area contributed by atoms with Crippen LogP contribution in [-0.2, 0) is 15.6 Å². The standard InChI is InChI=1S/C39H48O3S/c1-11-36(2,3)42-33-20-14-29(15-21-33)37(4,5)28-12-18-31(19-13-28)41-32-22-26-35(27-23-32)43-34-24-16-30(17-25-34)38(6,7)39(8,9)40-10/h12-27H,11H2,1-10H3. The van der Waals surface area contributed by atoms with E-state index in [0.29, 0.717) is 0 Å². The van der Waals surface area contributed by atoms with Crippen molar-refractivity contribution in [3.05, 3.63) is 114 Å². The molecule has 4 aromatic rings. The van der Waals surface area contributed by atoms with Gasteiger partial charge in [0.15, 0.2) is 0 Å². The van der Waals surface area contributed by atoms with E-state index >= 15 is 0 Å². The summed E-state index contributed by atoms with van der Waals surface area (Å²) >= 11 is 1.75. The molecule has 0 amide bonds. The van der Waals surface area contributed by atoms with Gasteiger partial charge in [-0.25, -0.2) is 0 Å². The highest BCUT2D eigenvalue weighted by atomic mass is 32.2. The average molecular weight is 597 g/mol. The molecule has 0 aliphatic heterocycles. The van der Waals surface area contributed by atoms with E-state index in [2.05, 4.69) is 147 Å². The van der Waals surface area contributed by atoms with Gasteiger partial charge in [-0.2, -0.15) is 0 Å². The highest BCUT2D eigenvalue weighted by Crippen LogP contribution is 2.39. The number of hydrogen-bond donors (Lipinski definition) is 0. The largest absolute Gasteiger partial charge is 0.488 e. The molecular formula is C39H48O3S. The Morgan fingerprint density at radius 3 is 1.37 bits per heavy atom. The summed E-state index contributed by atoms with van der Waals surface area (Å²) in [7, 11) is 1.78. The molecule has 43 heavy (non-hydrogen) atoms. The number of ether oxygens (including phenoxy) is 3. The van der Waals surface area contributed by atoms with Crippen LogP contribution in [0.1, 0.15) is 85.4 Å². The van der Waals surface area contributed by atoms with Crippen molar-refractivity contribution in [2.75, 3.05) is 7.11 Å². The molecular weight excluding hydrogens is 548 g/mol. The van der Waals surface area contributed by atoms with Gasteiger partial charge >= 0.3 is 0 Å². The number of benzene rings is 4. The Morgan fingerprint density at radius 2 is 0.930 bits per heavy atom. The smallest absolute Gasteiger partial charge is 0.127 e. The normalized spacial score (nSPS) is 12.7. The Kier molecular flexibility index (Phi) is 9.73. The van der Waals surface area contributed by atoms with Crippen molar-refractivity contribution in [2.45, 2.75) is 101 Å². The van der Waals surface area contributed by atoms with Gasteiger partial charge in [0.1, 0.15) is 22.8 Å². The summed E-state index contributed by atoms with van der Waals surface area (Å²) in [6.45, 7) is 19.6. The summed E-state index contributed by atoms with van der Waals surface area (Å²) in [4.78, 5) is 2.37. The van der Waals surface area contributed by atoms with Crippen LogP contribution in [0.5, 0.6) is 17.2 Å². The lowest BCUT2D eigenvalue weighted by Crippen LogP contribution is -2.44. The minimum Gasteiger partial charge on any atom is -0.488 e. The number of methoxy groups -OCH3 is 1. The Labute approximate surface area is 264 Å². The highest BCUT2D eigenvalue weighted by Gasteiger charge is 2.38. The van der Waals surface area contributed by atoms with Crippen molar-refractivity contribution < 1.29 is 14.2 Å². The van der Waals surface area contributed by atoms with E-state index in [1.165, 1.54) is 26.5 Å². The van der Waals surface area contributed by atoms with Gasteiger partial charge in [0.25, 0.3) is 0 Å². The highest BCUT2D eigenvalue weighted by molar-refractivity contribution is 7.99. The topological polar surface area (TPSA) is 27.7 Å². The van der Waals surface area contributed by atoms with Crippen LogP contribution in [0.25, 0.3) is 0 Å². The van der Waals surface area contributed by atoms with Crippen LogP contribution < -0.4 is 9.47 Å². The van der Waals surface area contributed by atoms with Crippen LogP contribution in [0.15, 0.2) is 107 Å². The van der Waals surface area contributed by atoms with E-state index in [4.69, 9.17) is 14.2 Å². The molecule has 0 bridgehead atoms. The fourth-order valence-corrected chi connectivity index (χ4v) is 5.64. The van der Waals surface area contributed by atoms with Crippen molar-refractivity contribution in [2.24, 2.45) is 0 Å². The molecule has 0 heterocycles. The zero-order chi connectivity index (χ0) is 31.5. The van der Waals surface area contributed by atoms with Crippen LogP contribution >= 0.6 is 11.8 Å². The summed E-state index contributed by atoms with van der Waals surface area (Å²) < 4.78 is 18.1. The van der Waals surface area contributed by atoms with Gasteiger partial charge in [0.2, 0.25) is 0 Å². The molecule has 228 valence electrons. The Hall–Kier alpha value is -3.21. The van der Waals surface area contributed by atoms with Gasteiger partial charge in [0, 0.05) is 27.7 Å². The molecule has 0 N–H and O–H groups in total. The Bertz CT molecular complexity index is 1460. The summed E-state index contributed by atoms with van der Waals surface area (Å²) in [6, 6.07) is 34.0. The Morgan fingerprint density at radius 1 is 0.535 bits per heavy atom. The van der Waals surface area contributed by atoms with Crippen LogP contribution in [-0.4, -0.2) is 18.3 Å². The molecule has 4 aromatic carbocycles. The maximum Gasteiger partial charge on any atom is 0.127 e. The molecule has 0 aromatic heterocycles. The fraction of sp³-hybridized carbons (Fsp3) is 0.385. The molecule has 0 atom stereocenters. The molecule has 4 rings (SSSR count). The average Bonchev–Trinajstić information content (AvgIpc) is 2.99. The van der Waals surface area contributed by atoms with Crippen molar-refractivity contribution in [3.63, 3.8) is 0 Å². The summed E-state index contributed by atoms with van der Waals surface area (Å²) in [5, 5.41) is 0. The maximum atomic E-state index is 6.19. The van der Waals surface area contributed by atoms with E-state index in [0.717, 1.165) is 23.7 Å². The monoisotopic (exact) mass is 596 g/mol. The second-order valence-corrected chi connectivity index (χ2v) is 14.6. The molecule has 0 radical (unpaired) electrons. The first-order valence-corrected chi connectivity index (χ1v) is 16.0. The zero-order valence-electron chi connectivity index (χ0n) is 27.6. The van der Waals surface area contributed by atoms with E-state index < -0.39 is 0 Å². The zero-order valence-corrected chi connectivity index (χ0v) is 28.4. The lowest BCUT2D eigenvalue weighted by molar-refractivity contribution is -0.0342. The number of rotatable bonds is 12. The van der Waals surface area contributed by atoms with Crippen molar-refractivity contribution in [1.29, 1.82) is 0 Å². The van der Waals surface area contributed by atoms with Crippen molar-refractivity contribution in [3.8, 4) is 17.2 Å². The molecule has 0 unspecified atom stereocenters. The minimum atomic E-state index is -0.262. The van der Waals surface area contributed by atoms with E-state index in [-0.39, 0.29) is 22.0 Å². The van der Waals surface area contributed by atoms with Crippen LogP contribution in [0.4, 0.5) is 0 Å². The molecule has 0 saturated heterocycles. The summed E-state index contributed by atoms with van der Waals surface area (Å²) in [5.41, 5.74) is 3.05. The summed E-state index contributed by atoms with van der Waals surface area (Å²) in [6.07, 6.45) is 0.958. The van der Waals surface area contributed by atoms with Gasteiger partial charge < -0.3 is 14.2 Å². The third kappa shape index (κ3) is 7.66. The van der Waals surface area contributed by atoms with Crippen LogP contribution in [0, 0.1) is 0 Å². The van der Waals surface area contributed by atoms with Gasteiger partial charge in [-0.1, -0.05) is 82.8 Å². The summed E-state index contributed by atoms with van der Waals surface area (Å²) in [5.74, 6) is 2.55. The van der Waals surface area contributed by atoms with E-state index in [1.54, 1.807) is 18.9 Å². The maximum absolute atomic E-state index is 6.19. The number of hydrogen-bond acceptors (Lipinski definition) is 4. The molecule has 3 nitrogen and oxygen atoms in total. The SMILES string of the molecule is CCC(C)(C)Oc1ccc(C(C)(C)c2ccc(Oc3ccc(Sc4ccc(C(C)(C)C(C)(C)OC)cc4)cc3)cc2)cc1. The van der Waals surface area contributed by atoms with Gasteiger partial charge in [-0.15, -0.1) is 0 Å². The van der Waals surface area contributed by atoms with Crippen molar-refractivity contribution in [1.82, 2.24) is 0 Å². The quantitative estimate of drug-likeness (QED) is 0.163. The molecule has 4 heteroatoms. The third-order valence-corrected chi connectivity index (χ3v) is 10.3. The van der Waals surface area contributed by atoms with Gasteiger partial charge in [0.05, 0.1) is 5.60 Å².